The average molecular weight is 400 g/mol. The van der Waals surface area contributed by atoms with Gasteiger partial charge in [-0.1, -0.05) is 29.8 Å². The van der Waals surface area contributed by atoms with Gasteiger partial charge < -0.3 is 9.30 Å². The Bertz CT molecular complexity index is 1060. The van der Waals surface area contributed by atoms with Gasteiger partial charge in [-0.15, -0.1) is 0 Å². The van der Waals surface area contributed by atoms with Crippen molar-refractivity contribution in [3.05, 3.63) is 76.9 Å². The predicted octanol–water partition coefficient (Wildman–Crippen LogP) is 3.42. The van der Waals surface area contributed by atoms with E-state index in [0.717, 1.165) is 22.3 Å². The van der Waals surface area contributed by atoms with Crippen molar-refractivity contribution in [1.82, 2.24) is 14.3 Å². The van der Waals surface area contributed by atoms with E-state index in [-0.39, 0.29) is 0 Å². The standard InChI is InChI=1S/C21H25N3O3S/c1-14-12-15(2)20(16(3)13-14)28(25,26)23-19(21-22-10-11-24(21)4)17-6-8-18(27-5)9-7-17/h6-13,19,23H,1-5H3. The zero-order chi connectivity index (χ0) is 20.5. The van der Waals surface area contributed by atoms with Crippen LogP contribution in [0.25, 0.3) is 0 Å². The number of benzene rings is 2. The molecule has 1 unspecified atom stereocenters. The molecule has 28 heavy (non-hydrogen) atoms. The van der Waals surface area contributed by atoms with E-state index in [9.17, 15) is 8.42 Å². The minimum absolute atomic E-state index is 0.311. The number of aryl methyl sites for hydroxylation is 4. The largest absolute Gasteiger partial charge is 0.497 e. The number of aromatic nitrogens is 2. The first-order valence-corrected chi connectivity index (χ1v) is 10.4. The van der Waals surface area contributed by atoms with Crippen molar-refractivity contribution in [2.45, 2.75) is 31.7 Å². The number of nitrogens with one attached hydrogen (secondary N) is 1. The van der Waals surface area contributed by atoms with Gasteiger partial charge in [-0.25, -0.2) is 13.4 Å². The van der Waals surface area contributed by atoms with Crippen LogP contribution in [0.15, 0.2) is 53.7 Å². The molecule has 0 aliphatic carbocycles. The van der Waals surface area contributed by atoms with Crippen molar-refractivity contribution >= 4 is 10.0 Å². The van der Waals surface area contributed by atoms with E-state index in [0.29, 0.717) is 16.5 Å². The fourth-order valence-corrected chi connectivity index (χ4v) is 5.16. The maximum atomic E-state index is 13.3. The van der Waals surface area contributed by atoms with Gasteiger partial charge in [-0.3, -0.25) is 0 Å². The first-order chi connectivity index (χ1) is 13.2. The Kier molecular flexibility index (Phi) is 5.58. The topological polar surface area (TPSA) is 73.2 Å². The highest BCUT2D eigenvalue weighted by Crippen LogP contribution is 2.28. The van der Waals surface area contributed by atoms with Crippen LogP contribution in [0.2, 0.25) is 0 Å². The molecule has 0 bridgehead atoms. The van der Waals surface area contributed by atoms with Crippen LogP contribution in [0.3, 0.4) is 0 Å². The van der Waals surface area contributed by atoms with Crippen LogP contribution in [0.1, 0.15) is 34.1 Å². The average Bonchev–Trinajstić information content (AvgIpc) is 3.04. The lowest BCUT2D eigenvalue weighted by atomic mass is 10.1. The van der Waals surface area contributed by atoms with Gasteiger partial charge in [0.05, 0.1) is 12.0 Å². The van der Waals surface area contributed by atoms with E-state index in [1.165, 1.54) is 0 Å². The highest BCUT2D eigenvalue weighted by atomic mass is 32.2. The molecular weight excluding hydrogens is 374 g/mol. The fraction of sp³-hybridized carbons (Fsp3) is 0.286. The van der Waals surface area contributed by atoms with Gasteiger partial charge in [-0.2, -0.15) is 4.72 Å². The van der Waals surface area contributed by atoms with Crippen LogP contribution in [-0.2, 0) is 17.1 Å². The maximum absolute atomic E-state index is 13.3. The molecule has 3 aromatic rings. The molecular formula is C21H25N3O3S. The molecule has 0 radical (unpaired) electrons. The lowest BCUT2D eigenvalue weighted by molar-refractivity contribution is 0.414. The number of ether oxygens (including phenoxy) is 1. The van der Waals surface area contributed by atoms with E-state index in [1.54, 1.807) is 19.5 Å². The second kappa shape index (κ2) is 7.77. The number of methoxy groups -OCH3 is 1. The van der Waals surface area contributed by atoms with Crippen molar-refractivity contribution in [3.63, 3.8) is 0 Å². The molecule has 0 saturated carbocycles. The Balaban J connectivity index is 2.08. The Morgan fingerprint density at radius 2 is 1.68 bits per heavy atom. The first kappa shape index (κ1) is 20.1. The molecule has 1 atom stereocenters. The molecule has 1 heterocycles. The molecule has 0 aliphatic heterocycles. The third-order valence-electron chi connectivity index (χ3n) is 4.71. The summed E-state index contributed by atoms with van der Waals surface area (Å²) in [5.41, 5.74) is 3.25. The van der Waals surface area contributed by atoms with Gasteiger partial charge in [0.2, 0.25) is 10.0 Å². The van der Waals surface area contributed by atoms with Gasteiger partial charge in [-0.05, 0) is 49.6 Å². The quantitative estimate of drug-likeness (QED) is 0.689. The summed E-state index contributed by atoms with van der Waals surface area (Å²) in [5, 5.41) is 0. The molecule has 3 rings (SSSR count). The zero-order valence-corrected chi connectivity index (χ0v) is 17.5. The molecule has 1 N–H and O–H groups in total. The highest BCUT2D eigenvalue weighted by molar-refractivity contribution is 7.89. The summed E-state index contributed by atoms with van der Waals surface area (Å²) in [7, 11) is -0.342. The number of hydrogen-bond donors (Lipinski definition) is 1. The van der Waals surface area contributed by atoms with Crippen LogP contribution >= 0.6 is 0 Å². The number of hydrogen-bond acceptors (Lipinski definition) is 4. The third-order valence-corrected chi connectivity index (χ3v) is 6.44. The second-order valence-electron chi connectivity index (χ2n) is 6.95. The molecule has 0 amide bonds. The summed E-state index contributed by atoms with van der Waals surface area (Å²) in [4.78, 5) is 4.69. The molecule has 0 spiro atoms. The van der Waals surface area contributed by atoms with E-state index in [2.05, 4.69) is 9.71 Å². The van der Waals surface area contributed by atoms with Gasteiger partial charge in [0.15, 0.2) is 0 Å². The number of rotatable bonds is 6. The monoisotopic (exact) mass is 399 g/mol. The SMILES string of the molecule is COc1ccc(C(NS(=O)(=O)c2c(C)cc(C)cc2C)c2nccn2C)cc1. The molecule has 6 nitrogen and oxygen atoms in total. The van der Waals surface area contributed by atoms with Gasteiger partial charge >= 0.3 is 0 Å². The third kappa shape index (κ3) is 3.95. The summed E-state index contributed by atoms with van der Waals surface area (Å²) >= 11 is 0. The fourth-order valence-electron chi connectivity index (χ4n) is 3.53. The Morgan fingerprint density at radius 1 is 1.07 bits per heavy atom. The van der Waals surface area contributed by atoms with E-state index < -0.39 is 16.1 Å². The predicted molar refractivity (Wildman–Crippen MR) is 109 cm³/mol. The highest BCUT2D eigenvalue weighted by Gasteiger charge is 2.28. The molecule has 2 aromatic carbocycles. The van der Waals surface area contributed by atoms with E-state index in [1.807, 2.05) is 68.8 Å². The van der Waals surface area contributed by atoms with Crippen LogP contribution < -0.4 is 9.46 Å². The molecule has 0 aliphatic rings. The van der Waals surface area contributed by atoms with Crippen molar-refractivity contribution in [3.8, 4) is 5.75 Å². The second-order valence-corrected chi connectivity index (χ2v) is 8.60. The van der Waals surface area contributed by atoms with Crippen molar-refractivity contribution < 1.29 is 13.2 Å². The Labute approximate surface area is 166 Å². The van der Waals surface area contributed by atoms with Gasteiger partial charge in [0.1, 0.15) is 17.6 Å². The lowest BCUT2D eigenvalue weighted by Crippen LogP contribution is -2.32. The summed E-state index contributed by atoms with van der Waals surface area (Å²) < 4.78 is 36.5. The molecule has 0 fully saturated rings. The van der Waals surface area contributed by atoms with Crippen molar-refractivity contribution in [1.29, 1.82) is 0 Å². The summed E-state index contributed by atoms with van der Waals surface area (Å²) in [6.45, 7) is 5.59. The summed E-state index contributed by atoms with van der Waals surface area (Å²) in [6.07, 6.45) is 3.45. The molecule has 1 aromatic heterocycles. The normalized spacial score (nSPS) is 12.8. The Morgan fingerprint density at radius 3 is 2.18 bits per heavy atom. The smallest absolute Gasteiger partial charge is 0.242 e. The van der Waals surface area contributed by atoms with Crippen molar-refractivity contribution in [2.75, 3.05) is 7.11 Å². The summed E-state index contributed by atoms with van der Waals surface area (Å²) in [5.74, 6) is 1.31. The molecule has 0 saturated heterocycles. The minimum Gasteiger partial charge on any atom is -0.497 e. The maximum Gasteiger partial charge on any atom is 0.242 e. The summed E-state index contributed by atoms with van der Waals surface area (Å²) in [6, 6.07) is 10.4. The van der Waals surface area contributed by atoms with Crippen molar-refractivity contribution in [2.24, 2.45) is 7.05 Å². The van der Waals surface area contributed by atoms with Crippen LogP contribution in [0, 0.1) is 20.8 Å². The molecule has 7 heteroatoms. The first-order valence-electron chi connectivity index (χ1n) is 8.94. The van der Waals surface area contributed by atoms with E-state index >= 15 is 0 Å². The molecule has 148 valence electrons. The van der Waals surface area contributed by atoms with Crippen LogP contribution in [0.4, 0.5) is 0 Å². The van der Waals surface area contributed by atoms with E-state index in [4.69, 9.17) is 4.74 Å². The van der Waals surface area contributed by atoms with Crippen LogP contribution in [0.5, 0.6) is 5.75 Å². The zero-order valence-electron chi connectivity index (χ0n) is 16.7. The minimum atomic E-state index is -3.78. The van der Waals surface area contributed by atoms with Gasteiger partial charge in [0.25, 0.3) is 0 Å². The lowest BCUT2D eigenvalue weighted by Gasteiger charge is -2.21. The Hall–Kier alpha value is -2.64. The van der Waals surface area contributed by atoms with Crippen LogP contribution in [-0.4, -0.2) is 25.1 Å². The van der Waals surface area contributed by atoms with Gasteiger partial charge in [0, 0.05) is 19.4 Å². The number of nitrogens with zero attached hydrogens (tertiary/aromatic N) is 2. The number of imidazole rings is 1. The number of sulfonamides is 1.